The third kappa shape index (κ3) is 3.87. The van der Waals surface area contributed by atoms with Crippen LogP contribution >= 0.6 is 0 Å². The predicted octanol–water partition coefficient (Wildman–Crippen LogP) is 2.05. The van der Waals surface area contributed by atoms with Crippen molar-refractivity contribution >= 4 is 34.9 Å². The van der Waals surface area contributed by atoms with Crippen molar-refractivity contribution < 1.29 is 14.8 Å². The fourth-order valence-corrected chi connectivity index (χ4v) is 2.86. The Hall–Kier alpha value is -2.70. The van der Waals surface area contributed by atoms with Gasteiger partial charge in [-0.05, 0) is 41.0 Å². The first-order valence-electron chi connectivity index (χ1n) is 8.19. The molecule has 3 rings (SSSR count). The van der Waals surface area contributed by atoms with Crippen LogP contribution in [0.5, 0.6) is 0 Å². The lowest BCUT2D eigenvalue weighted by Crippen LogP contribution is -2.30. The van der Waals surface area contributed by atoms with Gasteiger partial charge in [0.05, 0.1) is 5.92 Å². The van der Waals surface area contributed by atoms with Crippen molar-refractivity contribution in [2.45, 2.75) is 19.3 Å². The van der Waals surface area contributed by atoms with Gasteiger partial charge in [0.2, 0.25) is 5.91 Å². The molecule has 1 amide bonds. The molecule has 3 aromatic rings. The number of carbonyl (C=O) groups is 1. The first-order chi connectivity index (χ1) is 12.1. The topological polar surface area (TPSA) is 82.5 Å². The quantitative estimate of drug-likeness (QED) is 0.624. The number of hydrogen-bond donors (Lipinski definition) is 3. The molecule has 0 radical (unpaired) electrons. The predicted molar refractivity (Wildman–Crippen MR) is 99.7 cm³/mol. The zero-order valence-electron chi connectivity index (χ0n) is 13.9. The molecule has 3 N–H and O–H groups in total. The van der Waals surface area contributed by atoms with Gasteiger partial charge in [-0.25, -0.2) is 0 Å². The number of fused-ring (bicyclic) bond motifs is 1. The molecule has 0 aliphatic rings. The molecule has 1 atom stereocenters. The van der Waals surface area contributed by atoms with Crippen molar-refractivity contribution in [1.29, 1.82) is 0 Å². The number of carbonyl (C=O) groups excluding carboxylic acids is 1. The summed E-state index contributed by atoms with van der Waals surface area (Å²) in [6.45, 7) is 1.95. The number of benzene rings is 2. The average molecular weight is 334 g/mol. The van der Waals surface area contributed by atoms with Gasteiger partial charge in [-0.1, -0.05) is 37.3 Å². The van der Waals surface area contributed by atoms with E-state index in [2.05, 4.69) is 10.3 Å². The Kier molecular flexibility index (Phi) is 5.12. The van der Waals surface area contributed by atoms with Crippen molar-refractivity contribution in [2.75, 3.05) is 5.32 Å². The summed E-state index contributed by atoms with van der Waals surface area (Å²) in [6, 6.07) is 14.4. The molecule has 1 aromatic heterocycles. The Labute approximate surface area is 146 Å². The fraction of sp³-hybridized carbons (Fsp3) is 0.158. The molecule has 0 aliphatic heterocycles. The lowest BCUT2D eigenvalue weighted by atomic mass is 9.79. The Morgan fingerprint density at radius 1 is 1.12 bits per heavy atom. The highest BCUT2D eigenvalue weighted by atomic mass is 16.4. The van der Waals surface area contributed by atoms with Crippen LogP contribution in [0.15, 0.2) is 60.9 Å². The zero-order chi connectivity index (χ0) is 17.8. The third-order valence-corrected chi connectivity index (χ3v) is 4.27. The second kappa shape index (κ2) is 7.46. The van der Waals surface area contributed by atoms with Crippen LogP contribution in [0.1, 0.15) is 24.8 Å². The first-order valence-corrected chi connectivity index (χ1v) is 8.19. The highest BCUT2D eigenvalue weighted by Crippen LogP contribution is 2.23. The van der Waals surface area contributed by atoms with E-state index in [-0.39, 0.29) is 11.8 Å². The third-order valence-electron chi connectivity index (χ3n) is 4.27. The van der Waals surface area contributed by atoms with E-state index in [9.17, 15) is 14.8 Å². The number of hydrogen-bond acceptors (Lipinski definition) is 4. The number of pyridine rings is 1. The number of aromatic nitrogens is 1. The molecule has 1 unspecified atom stereocenters. The van der Waals surface area contributed by atoms with Crippen molar-refractivity contribution in [2.24, 2.45) is 0 Å². The molecule has 1 heterocycles. The number of nitrogens with zero attached hydrogens (tertiary/aromatic N) is 1. The maximum atomic E-state index is 12.7. The maximum absolute atomic E-state index is 12.7. The van der Waals surface area contributed by atoms with E-state index in [1.54, 1.807) is 36.7 Å². The Morgan fingerprint density at radius 2 is 1.88 bits per heavy atom. The van der Waals surface area contributed by atoms with Gasteiger partial charge < -0.3 is 15.4 Å². The number of amides is 1. The van der Waals surface area contributed by atoms with Crippen molar-refractivity contribution in [3.63, 3.8) is 0 Å². The van der Waals surface area contributed by atoms with Gasteiger partial charge in [0.15, 0.2) is 0 Å². The van der Waals surface area contributed by atoms with Crippen LogP contribution in [0.2, 0.25) is 0 Å². The minimum Gasteiger partial charge on any atom is -0.423 e. The lowest BCUT2D eigenvalue weighted by molar-refractivity contribution is -0.117. The average Bonchev–Trinajstić information content (AvgIpc) is 2.62. The van der Waals surface area contributed by atoms with Gasteiger partial charge in [-0.2, -0.15) is 0 Å². The molecule has 25 heavy (non-hydrogen) atoms. The summed E-state index contributed by atoms with van der Waals surface area (Å²) in [7, 11) is -1.50. The molecule has 0 aliphatic carbocycles. The molecule has 0 saturated carbocycles. The van der Waals surface area contributed by atoms with Crippen molar-refractivity contribution in [3.8, 4) is 0 Å². The molecule has 2 aromatic carbocycles. The van der Waals surface area contributed by atoms with Crippen LogP contribution in [0.3, 0.4) is 0 Å². The van der Waals surface area contributed by atoms with Crippen molar-refractivity contribution in [3.05, 3.63) is 66.5 Å². The van der Waals surface area contributed by atoms with Crippen LogP contribution in [0, 0.1) is 0 Å². The largest absolute Gasteiger partial charge is 0.488 e. The van der Waals surface area contributed by atoms with E-state index in [0.717, 1.165) is 22.0 Å². The van der Waals surface area contributed by atoms with E-state index in [1.165, 1.54) is 0 Å². The number of rotatable bonds is 5. The van der Waals surface area contributed by atoms with Gasteiger partial charge in [-0.3, -0.25) is 9.78 Å². The zero-order valence-corrected chi connectivity index (χ0v) is 13.9. The molecule has 0 spiro atoms. The van der Waals surface area contributed by atoms with Crippen LogP contribution in [-0.2, 0) is 4.79 Å². The van der Waals surface area contributed by atoms with E-state index in [0.29, 0.717) is 11.9 Å². The standard InChI is InChI=1S/C19H19BN2O3/c1-2-18(13-3-6-16(7-4-13)20(24)25)19(23)22-17-8-5-15-12-21-10-9-14(15)11-17/h3-12,18,24-25H,2H2,1H3,(H,22,23). The Bertz CT molecular complexity index is 881. The molecular formula is C19H19BN2O3. The van der Waals surface area contributed by atoms with Gasteiger partial charge in [-0.15, -0.1) is 0 Å². The van der Waals surface area contributed by atoms with E-state index >= 15 is 0 Å². The van der Waals surface area contributed by atoms with E-state index in [1.807, 2.05) is 31.2 Å². The van der Waals surface area contributed by atoms with E-state index in [4.69, 9.17) is 0 Å². The molecule has 6 heteroatoms. The molecule has 126 valence electrons. The minimum atomic E-state index is -1.50. The highest BCUT2D eigenvalue weighted by Gasteiger charge is 2.20. The summed E-state index contributed by atoms with van der Waals surface area (Å²) in [5.74, 6) is -0.397. The number of nitrogens with one attached hydrogen (secondary N) is 1. The van der Waals surface area contributed by atoms with Crippen LogP contribution in [0.4, 0.5) is 5.69 Å². The van der Waals surface area contributed by atoms with Crippen LogP contribution < -0.4 is 10.8 Å². The smallest absolute Gasteiger partial charge is 0.423 e. The minimum absolute atomic E-state index is 0.0896. The second-order valence-electron chi connectivity index (χ2n) is 5.93. The lowest BCUT2D eigenvalue weighted by Gasteiger charge is -2.16. The molecule has 0 saturated heterocycles. The Balaban J connectivity index is 1.79. The fourth-order valence-electron chi connectivity index (χ4n) is 2.86. The molecule has 0 bridgehead atoms. The summed E-state index contributed by atoms with van der Waals surface area (Å²) in [4.78, 5) is 16.8. The normalized spacial score (nSPS) is 12.0. The van der Waals surface area contributed by atoms with Crippen LogP contribution in [0.25, 0.3) is 10.8 Å². The van der Waals surface area contributed by atoms with Gasteiger partial charge >= 0.3 is 7.12 Å². The Morgan fingerprint density at radius 3 is 2.56 bits per heavy atom. The summed E-state index contributed by atoms with van der Waals surface area (Å²) in [5, 5.41) is 23.3. The molecule has 5 nitrogen and oxygen atoms in total. The first kappa shape index (κ1) is 17.1. The molecule has 0 fully saturated rings. The monoisotopic (exact) mass is 334 g/mol. The van der Waals surface area contributed by atoms with Crippen molar-refractivity contribution in [1.82, 2.24) is 4.98 Å². The van der Waals surface area contributed by atoms with E-state index < -0.39 is 7.12 Å². The van der Waals surface area contributed by atoms with Gasteiger partial charge in [0, 0.05) is 23.5 Å². The summed E-state index contributed by atoms with van der Waals surface area (Å²) >= 11 is 0. The highest BCUT2D eigenvalue weighted by molar-refractivity contribution is 6.58. The summed E-state index contributed by atoms with van der Waals surface area (Å²) in [5.41, 5.74) is 1.99. The maximum Gasteiger partial charge on any atom is 0.488 e. The number of anilines is 1. The molecular weight excluding hydrogens is 315 g/mol. The summed E-state index contributed by atoms with van der Waals surface area (Å²) < 4.78 is 0. The van der Waals surface area contributed by atoms with Gasteiger partial charge in [0.25, 0.3) is 0 Å². The van der Waals surface area contributed by atoms with Crippen LogP contribution in [-0.4, -0.2) is 28.1 Å². The SMILES string of the molecule is CCC(C(=O)Nc1ccc2cnccc2c1)c1ccc(B(O)O)cc1. The van der Waals surface area contributed by atoms with Gasteiger partial charge in [0.1, 0.15) is 0 Å². The second-order valence-corrected chi connectivity index (χ2v) is 5.93. The summed E-state index contributed by atoms with van der Waals surface area (Å²) in [6.07, 6.45) is 4.15.